The molecule has 0 aromatic rings. The number of ketones is 1. The van der Waals surface area contributed by atoms with Crippen molar-refractivity contribution in [1.29, 1.82) is 0 Å². The molecule has 1 unspecified atom stereocenters. The fraction of sp³-hybridized carbons (Fsp3) is 0.949. The summed E-state index contributed by atoms with van der Waals surface area (Å²) in [7, 11) is 6.74. The van der Waals surface area contributed by atoms with Crippen LogP contribution < -0.4 is 0 Å². The monoisotopic (exact) mass is 640 g/mol. The van der Waals surface area contributed by atoms with Crippen LogP contribution in [0.15, 0.2) is 0 Å². The second-order valence-corrected chi connectivity index (χ2v) is 15.6. The number of Topliss-reactive ketones (excluding diaryl/α,β-unsaturated/α-hetero) is 1. The fourth-order valence-corrected chi connectivity index (χ4v) is 6.64. The molecule has 0 saturated heterocycles. The van der Waals surface area contributed by atoms with E-state index in [1.165, 1.54) is 148 Å². The molecule has 0 aromatic carbocycles. The lowest BCUT2D eigenvalue weighted by molar-refractivity contribution is -0.870. The average molecular weight is 640 g/mol. The predicted octanol–water partition coefficient (Wildman–Crippen LogP) is 12.6. The first-order chi connectivity index (χ1) is 21.3. The lowest BCUT2D eigenvalue weighted by atomic mass is 9.93. The molecule has 0 saturated carbocycles. The first-order valence-corrected chi connectivity index (χ1v) is 20.3. The number of hydrogen-bond donors (Lipinski definition) is 0. The highest BCUT2D eigenvalue weighted by Gasteiger charge is 2.20. The van der Waals surface area contributed by atoms with Crippen LogP contribution in [0.5, 0.6) is 0 Å². The van der Waals surface area contributed by atoms with E-state index in [9.17, 15) is 9.59 Å². The van der Waals surface area contributed by atoms with Crippen LogP contribution in [0.1, 0.15) is 200 Å². The summed E-state index contributed by atoms with van der Waals surface area (Å²) < 4.78 is 6.51. The van der Waals surface area contributed by atoms with Crippen LogP contribution in [0.4, 0.5) is 0 Å². The summed E-state index contributed by atoms with van der Waals surface area (Å²) >= 11 is 0. The summed E-state index contributed by atoms with van der Waals surface area (Å²) in [6.45, 7) is 5.97. The Morgan fingerprint density at radius 3 is 1.23 bits per heavy atom. The number of rotatable bonds is 36. The van der Waals surface area contributed by atoms with Gasteiger partial charge in [0.2, 0.25) is 0 Å². The largest absolute Gasteiger partial charge is 0.546 e. The Morgan fingerprint density at radius 2 is 0.864 bits per heavy atom. The first kappa shape index (κ1) is 43.7. The van der Waals surface area contributed by atoms with E-state index in [-0.39, 0.29) is 11.3 Å². The minimum atomic E-state index is -0.462. The zero-order valence-corrected chi connectivity index (χ0v) is 31.5. The van der Waals surface area contributed by atoms with Gasteiger partial charge in [-0.1, -0.05) is 181 Å². The van der Waals surface area contributed by atoms with Gasteiger partial charge in [-0.2, -0.15) is 0 Å². The standard InChI is InChI=1S/C39H78NO3P/c1-6-8-10-12-14-16-18-20-21-22-24-26-28-30-32-34-38(41)37(39(42)44-43-36-35-40(3,4)5)33-31-29-27-25-23-19-17-15-13-11-9-7-2/h37H,6-36H2,1-5H3. The average Bonchev–Trinajstić information content (AvgIpc) is 2.99. The van der Waals surface area contributed by atoms with E-state index < -0.39 is 5.92 Å². The third-order valence-electron chi connectivity index (χ3n) is 9.07. The molecule has 0 fully saturated rings. The Labute approximate surface area is 278 Å². The molecule has 262 valence electrons. The van der Waals surface area contributed by atoms with Gasteiger partial charge in [0.1, 0.15) is 5.78 Å². The summed E-state index contributed by atoms with van der Waals surface area (Å²) in [4.78, 5) is 26.2. The van der Waals surface area contributed by atoms with Gasteiger partial charge in [-0.05, 0) is 12.8 Å². The van der Waals surface area contributed by atoms with Crippen LogP contribution >= 0.6 is 8.81 Å². The van der Waals surface area contributed by atoms with Crippen LogP contribution in [-0.4, -0.2) is 50.1 Å². The van der Waals surface area contributed by atoms with E-state index in [2.05, 4.69) is 35.0 Å². The molecule has 0 aliphatic carbocycles. The van der Waals surface area contributed by atoms with E-state index in [1.807, 2.05) is 0 Å². The molecule has 0 N–H and O–H groups in total. The maximum Gasteiger partial charge on any atom is 0.140 e. The molecule has 5 heteroatoms. The number of hydrogen-bond acceptors (Lipinski definition) is 3. The number of likely N-dealkylation sites (N-methyl/N-ethyl adjacent to an activating group) is 1. The van der Waals surface area contributed by atoms with Crippen LogP contribution in [0.3, 0.4) is 0 Å². The first-order valence-electron chi connectivity index (χ1n) is 19.5. The number of carbonyl (C=O) groups is 2. The van der Waals surface area contributed by atoms with E-state index in [4.69, 9.17) is 4.52 Å². The highest BCUT2D eigenvalue weighted by atomic mass is 31.1. The normalized spacial score (nSPS) is 12.8. The van der Waals surface area contributed by atoms with Crippen LogP contribution in [0.25, 0.3) is 0 Å². The van der Waals surface area contributed by atoms with Gasteiger partial charge in [0, 0.05) is 17.9 Å². The smallest absolute Gasteiger partial charge is 0.140 e. The predicted molar refractivity (Wildman–Crippen MR) is 195 cm³/mol. The number of unbranched alkanes of at least 4 members (excludes halogenated alkanes) is 25. The molecule has 0 aromatic heterocycles. The topological polar surface area (TPSA) is 43.4 Å². The van der Waals surface area contributed by atoms with Crippen LogP contribution in [0.2, 0.25) is 0 Å². The Hall–Kier alpha value is -0.310. The van der Waals surface area contributed by atoms with Gasteiger partial charge in [-0.3, -0.25) is 4.79 Å². The van der Waals surface area contributed by atoms with Crippen LogP contribution in [-0.2, 0) is 14.1 Å². The molecule has 0 aliphatic rings. The number of carbonyl (C=O) groups excluding carboxylic acids is 2. The molecule has 0 spiro atoms. The Kier molecular flexibility index (Phi) is 32.4. The fourth-order valence-electron chi connectivity index (χ4n) is 5.94. The Morgan fingerprint density at radius 1 is 0.523 bits per heavy atom. The van der Waals surface area contributed by atoms with Crippen molar-refractivity contribution in [2.75, 3.05) is 34.3 Å². The van der Waals surface area contributed by atoms with Gasteiger partial charge >= 0.3 is 0 Å². The highest BCUT2D eigenvalue weighted by molar-refractivity contribution is 7.53. The third-order valence-corrected chi connectivity index (χ3v) is 9.87. The molecule has 0 amide bonds. The molecule has 44 heavy (non-hydrogen) atoms. The van der Waals surface area contributed by atoms with E-state index in [0.29, 0.717) is 28.3 Å². The second kappa shape index (κ2) is 32.6. The lowest BCUT2D eigenvalue weighted by Crippen LogP contribution is -2.37. The SMILES string of the molecule is CCCCCCCCCCCCCCCCCC(=O)C(CCCCCCCCCCCCCC)C(=O)[P-]OCC[N+](C)(C)C. The summed E-state index contributed by atoms with van der Waals surface area (Å²) in [5.74, 6) is -0.300. The van der Waals surface area contributed by atoms with Gasteiger partial charge in [0.15, 0.2) is 0 Å². The number of quaternary nitrogens is 1. The molecule has 0 aliphatic heterocycles. The van der Waals surface area contributed by atoms with Gasteiger partial charge in [-0.15, -0.1) is 0 Å². The minimum absolute atomic E-state index is 0.0135. The van der Waals surface area contributed by atoms with Crippen molar-refractivity contribution in [3.63, 3.8) is 0 Å². The highest BCUT2D eigenvalue weighted by Crippen LogP contribution is 2.27. The van der Waals surface area contributed by atoms with Crippen molar-refractivity contribution in [3.05, 3.63) is 0 Å². The van der Waals surface area contributed by atoms with Crippen molar-refractivity contribution >= 4 is 20.1 Å². The van der Waals surface area contributed by atoms with E-state index in [1.54, 1.807) is 0 Å². The van der Waals surface area contributed by atoms with Crippen LogP contribution in [0, 0.1) is 5.92 Å². The molecule has 0 radical (unpaired) electrons. The Balaban J connectivity index is 4.13. The summed E-state index contributed by atoms with van der Waals surface area (Å²) in [6, 6.07) is 0. The molecule has 0 bridgehead atoms. The zero-order chi connectivity index (χ0) is 32.6. The molecule has 4 nitrogen and oxygen atoms in total. The molecule has 1 atom stereocenters. The molecular weight excluding hydrogens is 561 g/mol. The summed E-state index contributed by atoms with van der Waals surface area (Å²) in [5, 5.41) is 0. The maximum absolute atomic E-state index is 13.2. The number of nitrogens with zero attached hydrogens (tertiary/aromatic N) is 1. The summed E-state index contributed by atoms with van der Waals surface area (Å²) in [6.07, 6.45) is 36.7. The third kappa shape index (κ3) is 31.7. The van der Waals surface area contributed by atoms with Gasteiger partial charge in [-0.25, -0.2) is 0 Å². The minimum Gasteiger partial charge on any atom is -0.546 e. The van der Waals surface area contributed by atoms with Crippen molar-refractivity contribution in [2.45, 2.75) is 200 Å². The van der Waals surface area contributed by atoms with Crippen molar-refractivity contribution in [1.82, 2.24) is 0 Å². The second-order valence-electron chi connectivity index (χ2n) is 14.7. The van der Waals surface area contributed by atoms with Crippen molar-refractivity contribution in [3.8, 4) is 0 Å². The molecule has 0 rings (SSSR count). The molecular formula is C39H78NO3P. The van der Waals surface area contributed by atoms with E-state index >= 15 is 0 Å². The van der Waals surface area contributed by atoms with Crippen molar-refractivity contribution < 1.29 is 18.6 Å². The van der Waals surface area contributed by atoms with E-state index in [0.717, 1.165) is 36.7 Å². The zero-order valence-electron chi connectivity index (χ0n) is 30.6. The van der Waals surface area contributed by atoms with Crippen molar-refractivity contribution in [2.24, 2.45) is 5.92 Å². The van der Waals surface area contributed by atoms with Gasteiger partial charge < -0.3 is 22.6 Å². The molecule has 0 heterocycles. The van der Waals surface area contributed by atoms with Gasteiger partial charge in [0.05, 0.1) is 34.3 Å². The Bertz CT molecular complexity index is 633. The lowest BCUT2D eigenvalue weighted by Gasteiger charge is -2.28. The maximum atomic E-state index is 13.2. The summed E-state index contributed by atoms with van der Waals surface area (Å²) in [5.41, 5.74) is -0.0135. The van der Waals surface area contributed by atoms with Gasteiger partial charge in [0.25, 0.3) is 0 Å². The quantitative estimate of drug-likeness (QED) is 0.0296.